The van der Waals surface area contributed by atoms with Crippen molar-refractivity contribution in [2.75, 3.05) is 0 Å². The molecule has 0 radical (unpaired) electrons. The Bertz CT molecular complexity index is 147. The van der Waals surface area contributed by atoms with Crippen molar-refractivity contribution in [2.45, 2.75) is 0 Å². The van der Waals surface area contributed by atoms with Crippen molar-refractivity contribution < 1.29 is 17.0 Å². The molecule has 0 aromatic carbocycles. The molecule has 0 amide bonds. The van der Waals surface area contributed by atoms with Crippen LogP contribution in [-0.4, -0.2) is 28.0 Å². The molecule has 1 rings (SSSR count). The Morgan fingerprint density at radius 1 is 1.56 bits per heavy atom. The van der Waals surface area contributed by atoms with Crippen molar-refractivity contribution in [1.82, 2.24) is 4.98 Å². The van der Waals surface area contributed by atoms with Crippen molar-refractivity contribution in [3.05, 3.63) is 29.5 Å². The Morgan fingerprint density at radius 2 is 2.22 bits per heavy atom. The standard InChI is InChI=1S/C5H3ClN.BrH.Mg/c6-5-3-1-2-4-7-5;;/h1-3H;1H;/q-1;;+2/p-1. The minimum atomic E-state index is 0. The summed E-state index contributed by atoms with van der Waals surface area (Å²) in [5, 5.41) is 0.488. The third-order valence-electron chi connectivity index (χ3n) is 0.576. The summed E-state index contributed by atoms with van der Waals surface area (Å²) in [7, 11) is 0. The summed E-state index contributed by atoms with van der Waals surface area (Å²) in [4.78, 5) is 3.62. The van der Waals surface area contributed by atoms with E-state index in [0.717, 1.165) is 0 Å². The van der Waals surface area contributed by atoms with Crippen LogP contribution in [0.25, 0.3) is 0 Å². The second-order valence-corrected chi connectivity index (χ2v) is 1.48. The van der Waals surface area contributed by atoms with E-state index in [2.05, 4.69) is 11.2 Å². The zero-order valence-electron chi connectivity index (χ0n) is 4.64. The molecule has 1 nitrogen and oxygen atoms in total. The average molecular weight is 217 g/mol. The maximum atomic E-state index is 5.40. The summed E-state index contributed by atoms with van der Waals surface area (Å²) < 4.78 is 0. The summed E-state index contributed by atoms with van der Waals surface area (Å²) in [5.41, 5.74) is 0. The van der Waals surface area contributed by atoms with Gasteiger partial charge < -0.3 is 22.0 Å². The zero-order chi connectivity index (χ0) is 5.11. The molecule has 4 heteroatoms. The van der Waals surface area contributed by atoms with Gasteiger partial charge in [0.15, 0.2) is 0 Å². The molecule has 0 aliphatic rings. The predicted octanol–water partition coefficient (Wildman–Crippen LogP) is -1.84. The maximum absolute atomic E-state index is 5.40. The van der Waals surface area contributed by atoms with Crippen molar-refractivity contribution >= 4 is 34.7 Å². The molecule has 0 saturated carbocycles. The molecule has 0 aliphatic carbocycles. The Hall–Kier alpha value is 0.686. The van der Waals surface area contributed by atoms with E-state index < -0.39 is 0 Å². The Labute approximate surface area is 85.7 Å². The van der Waals surface area contributed by atoms with Gasteiger partial charge in [0, 0.05) is 5.15 Å². The minimum Gasteiger partial charge on any atom is -1.00 e. The van der Waals surface area contributed by atoms with E-state index >= 15 is 0 Å². The molecule has 0 spiro atoms. The average Bonchev–Trinajstić information content (AvgIpc) is 1.69. The van der Waals surface area contributed by atoms with Gasteiger partial charge >= 0.3 is 23.1 Å². The summed E-state index contributed by atoms with van der Waals surface area (Å²) in [5.74, 6) is 0. The van der Waals surface area contributed by atoms with Gasteiger partial charge in [-0.05, 0) is 0 Å². The van der Waals surface area contributed by atoms with E-state index in [0.29, 0.717) is 5.15 Å². The van der Waals surface area contributed by atoms with E-state index in [1.165, 1.54) is 0 Å². The molecule has 1 heterocycles. The largest absolute Gasteiger partial charge is 2.00 e. The number of hydrogen-bond donors (Lipinski definition) is 0. The van der Waals surface area contributed by atoms with Crippen LogP contribution >= 0.6 is 11.6 Å². The van der Waals surface area contributed by atoms with Crippen molar-refractivity contribution in [2.24, 2.45) is 0 Å². The first-order chi connectivity index (χ1) is 3.39. The summed E-state index contributed by atoms with van der Waals surface area (Å²) >= 11 is 5.40. The van der Waals surface area contributed by atoms with Gasteiger partial charge in [0.25, 0.3) is 0 Å². The van der Waals surface area contributed by atoms with Crippen LogP contribution in [0.5, 0.6) is 0 Å². The van der Waals surface area contributed by atoms with Crippen LogP contribution in [0.4, 0.5) is 0 Å². The Balaban J connectivity index is 0. The molecule has 44 valence electrons. The van der Waals surface area contributed by atoms with Gasteiger partial charge in [0.1, 0.15) is 0 Å². The third kappa shape index (κ3) is 5.15. The molecule has 0 atom stereocenters. The first-order valence-corrected chi connectivity index (χ1v) is 2.26. The maximum Gasteiger partial charge on any atom is 2.00 e. The fourth-order valence-electron chi connectivity index (χ4n) is 0.307. The van der Waals surface area contributed by atoms with Gasteiger partial charge in [-0.15, -0.1) is 17.7 Å². The molecule has 9 heavy (non-hydrogen) atoms. The number of aromatic nitrogens is 1. The number of hydrogen-bond acceptors (Lipinski definition) is 1. The second kappa shape index (κ2) is 6.80. The van der Waals surface area contributed by atoms with Crippen LogP contribution in [0.1, 0.15) is 0 Å². The van der Waals surface area contributed by atoms with E-state index in [1.807, 2.05) is 0 Å². The van der Waals surface area contributed by atoms with Gasteiger partial charge in [0.05, 0.1) is 0 Å². The molecule has 0 N–H and O–H groups in total. The van der Waals surface area contributed by atoms with Gasteiger partial charge in [0.2, 0.25) is 0 Å². The van der Waals surface area contributed by atoms with E-state index in [1.54, 1.807) is 18.2 Å². The molecular formula is C5H3BrClMgN. The van der Waals surface area contributed by atoms with Crippen molar-refractivity contribution in [3.63, 3.8) is 0 Å². The van der Waals surface area contributed by atoms with Gasteiger partial charge in [-0.2, -0.15) is 12.1 Å². The second-order valence-electron chi connectivity index (χ2n) is 1.09. The van der Waals surface area contributed by atoms with E-state index in [-0.39, 0.29) is 40.0 Å². The van der Waals surface area contributed by atoms with Crippen LogP contribution in [0.3, 0.4) is 0 Å². The number of halogens is 2. The predicted molar refractivity (Wildman–Crippen MR) is 33.8 cm³/mol. The van der Waals surface area contributed by atoms with Gasteiger partial charge in [-0.1, -0.05) is 6.20 Å². The van der Waals surface area contributed by atoms with Crippen molar-refractivity contribution in [1.29, 1.82) is 0 Å². The fourth-order valence-corrected chi connectivity index (χ4v) is 0.428. The number of rotatable bonds is 0. The molecule has 1 aromatic heterocycles. The molecule has 0 saturated heterocycles. The van der Waals surface area contributed by atoms with Crippen LogP contribution < -0.4 is 17.0 Å². The Morgan fingerprint density at radius 3 is 2.44 bits per heavy atom. The van der Waals surface area contributed by atoms with Gasteiger partial charge in [-0.3, -0.25) is 0 Å². The fraction of sp³-hybridized carbons (Fsp3) is 0. The number of nitrogens with zero attached hydrogens (tertiary/aromatic N) is 1. The van der Waals surface area contributed by atoms with Crippen LogP contribution in [0, 0.1) is 6.20 Å². The smallest absolute Gasteiger partial charge is 1.00 e. The summed E-state index contributed by atoms with van der Waals surface area (Å²) in [6.07, 6.45) is 2.58. The molecule has 1 aromatic rings. The van der Waals surface area contributed by atoms with Gasteiger partial charge in [-0.25, -0.2) is 0 Å². The van der Waals surface area contributed by atoms with E-state index in [9.17, 15) is 0 Å². The summed E-state index contributed by atoms with van der Waals surface area (Å²) in [6.45, 7) is 0. The normalized spacial score (nSPS) is 6.78. The topological polar surface area (TPSA) is 12.9 Å². The third-order valence-corrected chi connectivity index (χ3v) is 0.786. The first kappa shape index (κ1) is 12.4. The Kier molecular flexibility index (Phi) is 9.35. The minimum absolute atomic E-state index is 0. The first-order valence-electron chi connectivity index (χ1n) is 1.88. The number of pyridine rings is 1. The van der Waals surface area contributed by atoms with E-state index in [4.69, 9.17) is 11.6 Å². The quantitative estimate of drug-likeness (QED) is 0.282. The molecule has 0 aliphatic heterocycles. The van der Waals surface area contributed by atoms with Crippen LogP contribution in [-0.2, 0) is 0 Å². The summed E-state index contributed by atoms with van der Waals surface area (Å²) in [6, 6.07) is 5.19. The monoisotopic (exact) mass is 215 g/mol. The van der Waals surface area contributed by atoms with Crippen LogP contribution in [0.2, 0.25) is 5.15 Å². The molecular weight excluding hydrogens is 214 g/mol. The molecule has 0 unspecified atom stereocenters. The SMILES string of the molecule is Clc1ccc[c-]n1.[Br-].[Mg+2]. The van der Waals surface area contributed by atoms with Crippen LogP contribution in [0.15, 0.2) is 18.2 Å². The van der Waals surface area contributed by atoms with Crippen molar-refractivity contribution in [3.8, 4) is 0 Å². The zero-order valence-corrected chi connectivity index (χ0v) is 8.40. The molecule has 0 fully saturated rings. The molecule has 0 bridgehead atoms.